The number of aliphatic hydroxyl groups is 2. The van der Waals surface area contributed by atoms with E-state index < -0.39 is 54.3 Å². The number of hydrogen-bond donors (Lipinski definition) is 4. The third-order valence-corrected chi connectivity index (χ3v) is 16.0. The summed E-state index contributed by atoms with van der Waals surface area (Å²) in [5.74, 6) is -2.03. The fourth-order valence-electron chi connectivity index (χ4n) is 7.97. The number of carbonyl (C=O) groups is 2. The van der Waals surface area contributed by atoms with Gasteiger partial charge in [0.05, 0.1) is 25.0 Å². The van der Waals surface area contributed by atoms with Crippen molar-refractivity contribution in [3.63, 3.8) is 0 Å². The summed E-state index contributed by atoms with van der Waals surface area (Å²) in [4.78, 5) is 25.4. The van der Waals surface area contributed by atoms with Crippen LogP contribution in [0.3, 0.4) is 0 Å². The molecule has 8 atom stereocenters. The van der Waals surface area contributed by atoms with E-state index in [1.807, 2.05) is 20.8 Å². The predicted octanol–water partition coefficient (Wildman–Crippen LogP) is 3.79. The number of fused-ring (bicyclic) bond motifs is 5. The van der Waals surface area contributed by atoms with E-state index in [9.17, 15) is 19.8 Å². The van der Waals surface area contributed by atoms with E-state index in [0.717, 1.165) is 5.57 Å². The molecule has 0 spiro atoms. The molecule has 0 saturated heterocycles. The summed E-state index contributed by atoms with van der Waals surface area (Å²) in [6.07, 6.45) is 5.33. The number of ketones is 1. The summed E-state index contributed by atoms with van der Waals surface area (Å²) >= 11 is 0. The molecule has 0 aliphatic heterocycles. The Bertz CT molecular complexity index is 1160. The quantitative estimate of drug-likeness (QED) is 0.280. The highest BCUT2D eigenvalue weighted by atomic mass is 28.4. The fraction of sp³-hybridized carbons (Fsp3) is 0.767. The molecule has 8 nitrogen and oxygen atoms in total. The number of alkyl halides is 1. The third-order valence-electron chi connectivity index (χ3n) is 11.5. The van der Waals surface area contributed by atoms with Crippen LogP contribution in [-0.4, -0.2) is 66.5 Å². The number of hydrazone groups is 1. The Balaban J connectivity index is 1.65. The molecule has 0 aromatic carbocycles. The minimum Gasteiger partial charge on any atom is -0.409 e. The molecule has 0 aromatic heterocycles. The van der Waals surface area contributed by atoms with Crippen LogP contribution in [0, 0.1) is 28.6 Å². The monoisotopic (exact) mass is 577 g/mol. The molecule has 3 saturated carbocycles. The number of nitrogens with two attached hydrogens (primary N) is 1. The number of nitrogens with one attached hydrogen (secondary N) is 1. The van der Waals surface area contributed by atoms with Gasteiger partial charge in [-0.1, -0.05) is 46.3 Å². The van der Waals surface area contributed by atoms with Crippen molar-refractivity contribution in [2.45, 2.75) is 103 Å². The van der Waals surface area contributed by atoms with Crippen molar-refractivity contribution in [3.05, 3.63) is 23.8 Å². The Morgan fingerprint density at radius 1 is 1.27 bits per heavy atom. The molecular weight excluding hydrogens is 529 g/mol. The van der Waals surface area contributed by atoms with Crippen LogP contribution in [0.25, 0.3) is 0 Å². The number of amides is 1. The molecule has 224 valence electrons. The lowest BCUT2D eigenvalue weighted by Crippen LogP contribution is -2.69. The van der Waals surface area contributed by atoms with Crippen LogP contribution in [0.4, 0.5) is 4.39 Å². The molecule has 5 N–H and O–H groups in total. The number of carbonyl (C=O) groups excluding carboxylic acids is 2. The van der Waals surface area contributed by atoms with E-state index in [0.29, 0.717) is 25.0 Å². The third kappa shape index (κ3) is 4.32. The molecule has 4 aliphatic rings. The number of allylic oxidation sites excluding steroid dienone is 4. The Labute approximate surface area is 238 Å². The smallest absolute Gasteiger partial charge is 0.253 e. The molecule has 4 rings (SSSR count). The van der Waals surface area contributed by atoms with Crippen molar-refractivity contribution in [2.75, 3.05) is 13.2 Å². The Morgan fingerprint density at radius 2 is 1.93 bits per heavy atom. The molecule has 0 aromatic rings. The topological polar surface area (TPSA) is 134 Å². The average Bonchev–Trinajstić information content (AvgIpc) is 3.07. The molecule has 0 unspecified atom stereocenters. The van der Waals surface area contributed by atoms with Gasteiger partial charge in [0.25, 0.3) is 5.91 Å². The lowest BCUT2D eigenvalue weighted by molar-refractivity contribution is -0.219. The molecule has 0 bridgehead atoms. The SMILES string of the molecule is C[C@@H]1C[C@H]2[C@@H]3CCC4=C/C(=N/NC(=O)CN)C=C[C@]4(C)[C@@]3(F)[C@@H](O)C[C@]2(C)[C@@]1(O)C(=O)CO[Si](C)(C)C(C)(C)C. The zero-order valence-corrected chi connectivity index (χ0v) is 26.3. The first-order valence-electron chi connectivity index (χ1n) is 14.5. The van der Waals surface area contributed by atoms with Gasteiger partial charge < -0.3 is 20.4 Å². The summed E-state index contributed by atoms with van der Waals surface area (Å²) in [7, 11) is -2.24. The van der Waals surface area contributed by atoms with Crippen molar-refractivity contribution < 1.29 is 28.6 Å². The minimum atomic E-state index is -2.24. The highest BCUT2D eigenvalue weighted by Gasteiger charge is 2.75. The fourth-order valence-corrected chi connectivity index (χ4v) is 8.89. The molecule has 10 heteroatoms. The maximum Gasteiger partial charge on any atom is 0.253 e. The van der Waals surface area contributed by atoms with Crippen molar-refractivity contribution in [2.24, 2.45) is 39.4 Å². The second kappa shape index (κ2) is 9.93. The van der Waals surface area contributed by atoms with Crippen molar-refractivity contribution in [1.29, 1.82) is 0 Å². The lowest BCUT2D eigenvalue weighted by Gasteiger charge is -2.62. The van der Waals surface area contributed by atoms with Gasteiger partial charge in [0, 0.05) is 16.7 Å². The zero-order valence-electron chi connectivity index (χ0n) is 25.3. The van der Waals surface area contributed by atoms with Gasteiger partial charge in [-0.2, -0.15) is 5.10 Å². The Hall–Kier alpha value is -1.72. The van der Waals surface area contributed by atoms with Gasteiger partial charge >= 0.3 is 0 Å². The summed E-state index contributed by atoms with van der Waals surface area (Å²) < 4.78 is 23.8. The van der Waals surface area contributed by atoms with E-state index in [1.54, 1.807) is 18.2 Å². The highest BCUT2D eigenvalue weighted by molar-refractivity contribution is 6.74. The zero-order chi connectivity index (χ0) is 30.1. The molecule has 0 heterocycles. The number of halogens is 1. The normalized spacial score (nSPS) is 42.1. The number of hydrogen-bond acceptors (Lipinski definition) is 7. The molecule has 4 aliphatic carbocycles. The van der Waals surface area contributed by atoms with Crippen molar-refractivity contribution in [3.8, 4) is 0 Å². The molecular formula is C30H48FN3O5Si. The lowest BCUT2D eigenvalue weighted by atomic mass is 9.44. The first kappa shape index (κ1) is 31.2. The largest absolute Gasteiger partial charge is 0.409 e. The summed E-state index contributed by atoms with van der Waals surface area (Å²) in [5, 5.41) is 27.8. The standard InChI is InChI=1S/C30H48FN3O5Si/c1-18-13-22-21-10-9-19-14-20(33-34-25(37)16-32)11-12-27(19,5)29(21,31)23(35)15-28(22,6)30(18,38)24(36)17-39-40(7,8)26(2,3)4/h11-12,14,18,21-23,35,38H,9-10,13,15-17,32H2,1-8H3,(H,34,37)/b33-20+/t18-,21+,22+,23+,27+,28+,29+,30+/m1/s1. The van der Waals surface area contributed by atoms with E-state index in [-0.39, 0.29) is 36.3 Å². The van der Waals surface area contributed by atoms with E-state index in [2.05, 4.69) is 44.4 Å². The van der Waals surface area contributed by atoms with E-state index in [1.165, 1.54) is 0 Å². The van der Waals surface area contributed by atoms with Crippen molar-refractivity contribution >= 4 is 25.7 Å². The van der Waals surface area contributed by atoms with Crippen LogP contribution >= 0.6 is 0 Å². The molecule has 0 radical (unpaired) electrons. The van der Waals surface area contributed by atoms with Gasteiger partial charge in [0.2, 0.25) is 0 Å². The van der Waals surface area contributed by atoms with Crippen molar-refractivity contribution in [1.82, 2.24) is 5.43 Å². The second-order valence-electron chi connectivity index (χ2n) is 14.5. The Kier molecular flexibility index (Phi) is 7.75. The van der Waals surface area contributed by atoms with E-state index in [4.69, 9.17) is 10.2 Å². The van der Waals surface area contributed by atoms with Gasteiger partial charge in [0.1, 0.15) is 5.60 Å². The van der Waals surface area contributed by atoms with Crippen LogP contribution in [0.5, 0.6) is 0 Å². The van der Waals surface area contributed by atoms with Crippen LogP contribution in [0.2, 0.25) is 18.1 Å². The van der Waals surface area contributed by atoms with Crippen LogP contribution < -0.4 is 11.2 Å². The van der Waals surface area contributed by atoms with Gasteiger partial charge in [-0.15, -0.1) is 0 Å². The molecule has 1 amide bonds. The summed E-state index contributed by atoms with van der Waals surface area (Å²) in [6.45, 7) is 15.6. The van der Waals surface area contributed by atoms with Crippen LogP contribution in [-0.2, 0) is 14.0 Å². The molecule has 40 heavy (non-hydrogen) atoms. The second-order valence-corrected chi connectivity index (χ2v) is 19.3. The van der Waals surface area contributed by atoms with Gasteiger partial charge in [-0.25, -0.2) is 9.82 Å². The molecule has 3 fully saturated rings. The van der Waals surface area contributed by atoms with E-state index >= 15 is 4.39 Å². The first-order valence-corrected chi connectivity index (χ1v) is 17.4. The summed E-state index contributed by atoms with van der Waals surface area (Å²) in [6, 6.07) is 0. The summed E-state index contributed by atoms with van der Waals surface area (Å²) in [5.41, 5.74) is 3.23. The number of rotatable bonds is 6. The van der Waals surface area contributed by atoms with Crippen LogP contribution in [0.15, 0.2) is 28.9 Å². The number of Topliss-reactive ketones (excluding diaryl/α,β-unsaturated/α-hetero) is 1. The maximum atomic E-state index is 17.6. The van der Waals surface area contributed by atoms with Gasteiger partial charge in [-0.3, -0.25) is 9.59 Å². The highest BCUT2D eigenvalue weighted by Crippen LogP contribution is 2.70. The predicted molar refractivity (Wildman–Crippen MR) is 156 cm³/mol. The van der Waals surface area contributed by atoms with Gasteiger partial charge in [0.15, 0.2) is 19.8 Å². The number of aliphatic hydroxyl groups excluding tert-OH is 1. The average molecular weight is 578 g/mol. The first-order chi connectivity index (χ1) is 18.3. The van der Waals surface area contributed by atoms with Crippen LogP contribution in [0.1, 0.15) is 67.2 Å². The maximum absolute atomic E-state index is 17.6. The van der Waals surface area contributed by atoms with Gasteiger partial charge in [-0.05, 0) is 74.7 Å². The minimum absolute atomic E-state index is 0.0262. The Morgan fingerprint density at radius 3 is 2.52 bits per heavy atom. The number of nitrogens with zero attached hydrogens (tertiary/aromatic N) is 1.